The molecule has 3 heterocycles. The average molecular weight is 278 g/mol. The smallest absolute Gasteiger partial charge is 0.332 e. The number of anilines is 1. The first-order valence-electron chi connectivity index (χ1n) is 6.58. The van der Waals surface area contributed by atoms with Crippen LogP contribution in [-0.2, 0) is 14.1 Å². The zero-order valence-electron chi connectivity index (χ0n) is 11.9. The molecule has 8 nitrogen and oxygen atoms in total. The van der Waals surface area contributed by atoms with Crippen molar-refractivity contribution >= 4 is 17.1 Å². The van der Waals surface area contributed by atoms with E-state index in [-0.39, 0.29) is 11.2 Å². The van der Waals surface area contributed by atoms with Crippen molar-refractivity contribution in [1.29, 1.82) is 0 Å². The number of rotatable bonds is 1. The topological polar surface area (TPSA) is 79.2 Å². The zero-order chi connectivity index (χ0) is 14.4. The molecule has 1 aliphatic rings. The van der Waals surface area contributed by atoms with Crippen LogP contribution >= 0.6 is 0 Å². The largest absolute Gasteiger partial charge is 0.340 e. The monoisotopic (exact) mass is 278 g/mol. The summed E-state index contributed by atoms with van der Waals surface area (Å²) < 4.78 is 2.49. The van der Waals surface area contributed by atoms with Crippen LogP contribution in [0, 0.1) is 0 Å². The highest BCUT2D eigenvalue weighted by Crippen LogP contribution is 2.14. The van der Waals surface area contributed by atoms with E-state index in [0.29, 0.717) is 17.1 Å². The van der Waals surface area contributed by atoms with Crippen molar-refractivity contribution in [3.05, 3.63) is 20.8 Å². The fourth-order valence-electron chi connectivity index (χ4n) is 2.48. The van der Waals surface area contributed by atoms with Gasteiger partial charge in [0.05, 0.1) is 0 Å². The van der Waals surface area contributed by atoms with Crippen molar-refractivity contribution in [2.24, 2.45) is 14.1 Å². The Bertz CT molecular complexity index is 763. The second-order valence-corrected chi connectivity index (χ2v) is 5.26. The molecule has 0 amide bonds. The predicted octanol–water partition coefficient (Wildman–Crippen LogP) is -1.29. The summed E-state index contributed by atoms with van der Waals surface area (Å²) in [5, 5.41) is 0. The maximum absolute atomic E-state index is 12.1. The fourth-order valence-corrected chi connectivity index (χ4v) is 2.48. The van der Waals surface area contributed by atoms with Crippen LogP contribution in [0.3, 0.4) is 0 Å². The predicted molar refractivity (Wildman–Crippen MR) is 76.3 cm³/mol. The summed E-state index contributed by atoms with van der Waals surface area (Å²) in [6.07, 6.45) is 0. The molecule has 2 aromatic heterocycles. The summed E-state index contributed by atoms with van der Waals surface area (Å²) in [6, 6.07) is 0. The molecule has 108 valence electrons. The molecule has 0 atom stereocenters. The molecule has 0 saturated carbocycles. The molecule has 0 aliphatic carbocycles. The van der Waals surface area contributed by atoms with Crippen LogP contribution in [-0.4, -0.2) is 57.2 Å². The van der Waals surface area contributed by atoms with E-state index in [1.165, 1.54) is 11.6 Å². The van der Waals surface area contributed by atoms with Gasteiger partial charge >= 0.3 is 5.69 Å². The van der Waals surface area contributed by atoms with Gasteiger partial charge in [-0.2, -0.15) is 4.98 Å². The van der Waals surface area contributed by atoms with Gasteiger partial charge in [-0.05, 0) is 7.05 Å². The van der Waals surface area contributed by atoms with Gasteiger partial charge < -0.3 is 14.8 Å². The maximum Gasteiger partial charge on any atom is 0.332 e. The van der Waals surface area contributed by atoms with E-state index in [1.54, 1.807) is 7.05 Å². The van der Waals surface area contributed by atoms with Gasteiger partial charge in [0.2, 0.25) is 5.95 Å². The third-order valence-corrected chi connectivity index (χ3v) is 3.89. The van der Waals surface area contributed by atoms with E-state index in [0.717, 1.165) is 30.7 Å². The number of H-pyrrole nitrogens is 1. The molecule has 1 N–H and O–H groups in total. The van der Waals surface area contributed by atoms with Gasteiger partial charge in [0.1, 0.15) is 0 Å². The van der Waals surface area contributed by atoms with Crippen LogP contribution < -0.4 is 16.1 Å². The van der Waals surface area contributed by atoms with Gasteiger partial charge in [-0.25, -0.2) is 4.79 Å². The molecular formula is C12H18N6O2. The number of nitrogens with zero attached hydrogens (tertiary/aromatic N) is 5. The number of aromatic amines is 1. The summed E-state index contributed by atoms with van der Waals surface area (Å²) in [6.45, 7) is 3.61. The van der Waals surface area contributed by atoms with Crippen LogP contribution in [0.15, 0.2) is 9.59 Å². The molecule has 0 radical (unpaired) electrons. The Morgan fingerprint density at radius 2 is 1.65 bits per heavy atom. The van der Waals surface area contributed by atoms with Crippen LogP contribution in [0.2, 0.25) is 0 Å². The molecule has 0 bridgehead atoms. The molecule has 2 aromatic rings. The van der Waals surface area contributed by atoms with E-state index in [2.05, 4.69) is 26.8 Å². The Kier molecular flexibility index (Phi) is 2.89. The average Bonchev–Trinajstić information content (AvgIpc) is 2.89. The minimum atomic E-state index is -0.362. The van der Waals surface area contributed by atoms with Gasteiger partial charge in [-0.3, -0.25) is 13.9 Å². The van der Waals surface area contributed by atoms with Crippen molar-refractivity contribution in [1.82, 2.24) is 24.0 Å². The molecule has 0 spiro atoms. The van der Waals surface area contributed by atoms with E-state index < -0.39 is 0 Å². The number of nitrogens with one attached hydrogen (secondary N) is 1. The van der Waals surface area contributed by atoms with E-state index in [9.17, 15) is 9.59 Å². The molecule has 1 saturated heterocycles. The number of likely N-dealkylation sites (N-methyl/N-ethyl adjacent to an activating group) is 1. The Hall–Kier alpha value is -2.09. The molecule has 0 aromatic carbocycles. The molecule has 8 heteroatoms. The van der Waals surface area contributed by atoms with E-state index >= 15 is 0 Å². The fraction of sp³-hybridized carbons (Fsp3) is 0.583. The van der Waals surface area contributed by atoms with Gasteiger partial charge in [0, 0.05) is 40.3 Å². The third kappa shape index (κ3) is 1.83. The summed E-state index contributed by atoms with van der Waals surface area (Å²) in [5.74, 6) is 0.659. The Labute approximate surface area is 115 Å². The van der Waals surface area contributed by atoms with Crippen molar-refractivity contribution in [2.75, 3.05) is 38.1 Å². The minimum absolute atomic E-state index is 0.337. The number of imidazole rings is 1. The highest BCUT2D eigenvalue weighted by molar-refractivity contribution is 5.73. The normalized spacial score (nSPS) is 17.1. The lowest BCUT2D eigenvalue weighted by Crippen LogP contribution is -2.44. The summed E-state index contributed by atoms with van der Waals surface area (Å²) in [7, 11) is 5.18. The van der Waals surface area contributed by atoms with Crippen molar-refractivity contribution < 1.29 is 0 Å². The van der Waals surface area contributed by atoms with Gasteiger partial charge in [0.25, 0.3) is 5.56 Å². The molecule has 0 unspecified atom stereocenters. The van der Waals surface area contributed by atoms with Crippen LogP contribution in [0.25, 0.3) is 11.2 Å². The van der Waals surface area contributed by atoms with Crippen molar-refractivity contribution in [3.63, 3.8) is 0 Å². The first-order chi connectivity index (χ1) is 9.49. The standard InChI is InChI=1S/C12H18N6O2/c1-15-4-6-18(7-5-15)11-13-8-9(14-11)16(2)12(20)17(3)10(8)19/h4-7H2,1-3H3,(H,13,14). The quantitative estimate of drug-likeness (QED) is 0.702. The lowest BCUT2D eigenvalue weighted by Gasteiger charge is -2.31. The summed E-state index contributed by atoms with van der Waals surface area (Å²) in [4.78, 5) is 35.8. The van der Waals surface area contributed by atoms with Gasteiger partial charge in [0.15, 0.2) is 11.2 Å². The SMILES string of the molecule is CN1CCN(c2nc3c([nH]2)c(=O)n(C)c(=O)n3C)CC1. The molecule has 3 rings (SSSR count). The number of fused-ring (bicyclic) bond motifs is 1. The highest BCUT2D eigenvalue weighted by Gasteiger charge is 2.20. The number of hydrogen-bond acceptors (Lipinski definition) is 5. The van der Waals surface area contributed by atoms with Crippen molar-refractivity contribution in [2.45, 2.75) is 0 Å². The van der Waals surface area contributed by atoms with Crippen LogP contribution in [0.4, 0.5) is 5.95 Å². The third-order valence-electron chi connectivity index (χ3n) is 3.89. The number of aryl methyl sites for hydroxylation is 1. The van der Waals surface area contributed by atoms with E-state index in [4.69, 9.17) is 0 Å². The first-order valence-corrected chi connectivity index (χ1v) is 6.58. The maximum atomic E-state index is 12.1. The highest BCUT2D eigenvalue weighted by atomic mass is 16.2. The summed E-state index contributed by atoms with van der Waals surface area (Å²) in [5.41, 5.74) is 0.0884. The van der Waals surface area contributed by atoms with E-state index in [1.807, 2.05) is 0 Å². The molecular weight excluding hydrogens is 260 g/mol. The molecule has 1 aliphatic heterocycles. The zero-order valence-corrected chi connectivity index (χ0v) is 11.9. The Balaban J connectivity index is 2.12. The number of hydrogen-bond donors (Lipinski definition) is 1. The van der Waals surface area contributed by atoms with Crippen molar-refractivity contribution in [3.8, 4) is 0 Å². The lowest BCUT2D eigenvalue weighted by atomic mass is 10.3. The molecule has 20 heavy (non-hydrogen) atoms. The first kappa shape index (κ1) is 12.9. The van der Waals surface area contributed by atoms with Gasteiger partial charge in [-0.1, -0.05) is 0 Å². The van der Waals surface area contributed by atoms with Gasteiger partial charge in [-0.15, -0.1) is 0 Å². The lowest BCUT2D eigenvalue weighted by molar-refractivity contribution is 0.311. The number of piperazine rings is 1. The Morgan fingerprint density at radius 1 is 1.00 bits per heavy atom. The Morgan fingerprint density at radius 3 is 2.30 bits per heavy atom. The second-order valence-electron chi connectivity index (χ2n) is 5.26. The second kappa shape index (κ2) is 4.48. The minimum Gasteiger partial charge on any atom is -0.340 e. The van der Waals surface area contributed by atoms with Crippen LogP contribution in [0.1, 0.15) is 0 Å². The van der Waals surface area contributed by atoms with Crippen LogP contribution in [0.5, 0.6) is 0 Å². The summed E-state index contributed by atoms with van der Waals surface area (Å²) >= 11 is 0. The number of aromatic nitrogens is 4. The molecule has 1 fully saturated rings.